The van der Waals surface area contributed by atoms with Crippen LogP contribution in [0.5, 0.6) is 11.8 Å². The van der Waals surface area contributed by atoms with E-state index in [1.807, 2.05) is 4.90 Å². The number of pyridine rings is 1. The fourth-order valence-corrected chi connectivity index (χ4v) is 4.63. The van der Waals surface area contributed by atoms with Crippen molar-refractivity contribution in [1.29, 1.82) is 0 Å². The van der Waals surface area contributed by atoms with Crippen LogP contribution < -0.4 is 9.47 Å². The van der Waals surface area contributed by atoms with Crippen LogP contribution in [-0.2, 0) is 9.53 Å². The van der Waals surface area contributed by atoms with Crippen LogP contribution in [0.1, 0.15) is 29.6 Å². The van der Waals surface area contributed by atoms with E-state index in [0.717, 1.165) is 25.9 Å². The Morgan fingerprint density at radius 3 is 2.64 bits per heavy atom. The van der Waals surface area contributed by atoms with Crippen molar-refractivity contribution in [3.8, 4) is 11.8 Å². The maximum Gasteiger partial charge on any atom is 0.259 e. The maximum absolute atomic E-state index is 13.4. The second kappa shape index (κ2) is 7.58. The van der Waals surface area contributed by atoms with Gasteiger partial charge >= 0.3 is 0 Å². The van der Waals surface area contributed by atoms with Gasteiger partial charge in [-0.1, -0.05) is 0 Å². The highest BCUT2D eigenvalue weighted by Crippen LogP contribution is 2.44. The number of carbonyl (C=O) groups is 2. The van der Waals surface area contributed by atoms with Gasteiger partial charge in [0.15, 0.2) is 0 Å². The minimum atomic E-state index is -0.625. The highest BCUT2D eigenvalue weighted by molar-refractivity contribution is 5.97. The molecule has 152 valence electrons. The topological polar surface area (TPSA) is 81.2 Å². The number of hydrogen-bond donors (Lipinski definition) is 0. The number of nitrogens with zero attached hydrogens (tertiary/aromatic N) is 3. The van der Waals surface area contributed by atoms with Crippen molar-refractivity contribution < 1.29 is 23.8 Å². The molecule has 8 heteroatoms. The van der Waals surface area contributed by atoms with Crippen molar-refractivity contribution in [2.24, 2.45) is 11.3 Å². The largest absolute Gasteiger partial charge is 0.481 e. The highest BCUT2D eigenvalue weighted by Gasteiger charge is 2.58. The minimum Gasteiger partial charge on any atom is -0.481 e. The fourth-order valence-electron chi connectivity index (χ4n) is 4.63. The predicted molar refractivity (Wildman–Crippen MR) is 100 cm³/mol. The zero-order valence-corrected chi connectivity index (χ0v) is 16.5. The summed E-state index contributed by atoms with van der Waals surface area (Å²) in [7, 11) is 2.99. The minimum absolute atomic E-state index is 0.0306. The van der Waals surface area contributed by atoms with E-state index in [2.05, 4.69) is 4.98 Å². The van der Waals surface area contributed by atoms with E-state index >= 15 is 0 Å². The van der Waals surface area contributed by atoms with Gasteiger partial charge in [-0.3, -0.25) is 9.59 Å². The number of likely N-dealkylation sites (tertiary alicyclic amines) is 2. The Hall–Kier alpha value is -2.35. The van der Waals surface area contributed by atoms with Crippen LogP contribution >= 0.6 is 0 Å². The molecule has 8 nitrogen and oxygen atoms in total. The average molecular weight is 389 g/mol. The molecule has 0 spiro atoms. The lowest BCUT2D eigenvalue weighted by molar-refractivity contribution is -0.143. The Balaban J connectivity index is 1.56. The van der Waals surface area contributed by atoms with Gasteiger partial charge in [0.25, 0.3) is 5.91 Å². The van der Waals surface area contributed by atoms with Crippen molar-refractivity contribution in [1.82, 2.24) is 14.8 Å². The Morgan fingerprint density at radius 2 is 1.93 bits per heavy atom. The molecule has 0 aliphatic carbocycles. The molecule has 3 aliphatic rings. The molecule has 2 atom stereocenters. The zero-order chi connectivity index (χ0) is 19.7. The van der Waals surface area contributed by atoms with Crippen LogP contribution in [0.2, 0.25) is 0 Å². The monoisotopic (exact) mass is 389 g/mol. The number of amides is 2. The Bertz CT molecular complexity index is 764. The molecule has 0 aromatic carbocycles. The fraction of sp³-hybridized carbons (Fsp3) is 0.650. The number of methoxy groups -OCH3 is 2. The lowest BCUT2D eigenvalue weighted by atomic mass is 9.79. The van der Waals surface area contributed by atoms with Gasteiger partial charge in [-0.15, -0.1) is 0 Å². The summed E-state index contributed by atoms with van der Waals surface area (Å²) in [5, 5.41) is 0. The maximum atomic E-state index is 13.4. The first kappa shape index (κ1) is 19.0. The number of rotatable bonds is 4. The summed E-state index contributed by atoms with van der Waals surface area (Å²) < 4.78 is 16.1. The summed E-state index contributed by atoms with van der Waals surface area (Å²) in [5.41, 5.74) is -0.245. The molecule has 1 aromatic rings. The normalized spacial score (nSPS) is 26.9. The summed E-state index contributed by atoms with van der Waals surface area (Å²) in [6.45, 7) is 3.39. The lowest BCUT2D eigenvalue weighted by Crippen LogP contribution is -2.50. The molecule has 3 saturated heterocycles. The van der Waals surface area contributed by atoms with Crippen molar-refractivity contribution in [3.05, 3.63) is 17.7 Å². The summed E-state index contributed by atoms with van der Waals surface area (Å²) in [6, 6.07) is 3.31. The highest BCUT2D eigenvalue weighted by atomic mass is 16.5. The van der Waals surface area contributed by atoms with E-state index in [-0.39, 0.29) is 23.6 Å². The van der Waals surface area contributed by atoms with Gasteiger partial charge in [-0.2, -0.15) is 4.98 Å². The Labute approximate surface area is 164 Å². The molecule has 3 aliphatic heterocycles. The third kappa shape index (κ3) is 3.09. The molecule has 0 radical (unpaired) electrons. The van der Waals surface area contributed by atoms with Crippen molar-refractivity contribution in [2.45, 2.75) is 19.3 Å². The summed E-state index contributed by atoms with van der Waals surface area (Å²) >= 11 is 0. The van der Waals surface area contributed by atoms with Crippen LogP contribution in [0.4, 0.5) is 0 Å². The first-order chi connectivity index (χ1) is 13.6. The molecular weight excluding hydrogens is 362 g/mol. The molecule has 4 rings (SSSR count). The molecule has 2 amide bonds. The predicted octanol–water partition coefficient (Wildman–Crippen LogP) is 1.20. The van der Waals surface area contributed by atoms with Gasteiger partial charge < -0.3 is 24.0 Å². The van der Waals surface area contributed by atoms with E-state index in [4.69, 9.17) is 14.2 Å². The SMILES string of the molecule is COc1ccc(C(=O)N2C[C@@H]3COC[C@]3(C(=O)N3CCCCC3)C2)c(OC)n1. The van der Waals surface area contributed by atoms with Crippen LogP contribution in [-0.4, -0.2) is 80.2 Å². The summed E-state index contributed by atoms with van der Waals surface area (Å²) in [4.78, 5) is 34.5. The molecule has 0 bridgehead atoms. The third-order valence-electron chi connectivity index (χ3n) is 6.20. The molecule has 4 heterocycles. The number of aromatic nitrogens is 1. The van der Waals surface area contributed by atoms with Crippen molar-refractivity contribution in [2.75, 3.05) is 53.6 Å². The first-order valence-corrected chi connectivity index (χ1v) is 9.84. The van der Waals surface area contributed by atoms with E-state index in [0.29, 0.717) is 37.7 Å². The van der Waals surface area contributed by atoms with Crippen LogP contribution in [0.3, 0.4) is 0 Å². The molecule has 0 unspecified atom stereocenters. The smallest absolute Gasteiger partial charge is 0.259 e. The molecular formula is C20H27N3O5. The second-order valence-electron chi connectivity index (χ2n) is 7.82. The van der Waals surface area contributed by atoms with Crippen molar-refractivity contribution in [3.63, 3.8) is 0 Å². The second-order valence-corrected chi connectivity index (χ2v) is 7.82. The molecule has 28 heavy (non-hydrogen) atoms. The number of hydrogen-bond acceptors (Lipinski definition) is 6. The lowest BCUT2D eigenvalue weighted by Gasteiger charge is -2.35. The van der Waals surface area contributed by atoms with E-state index < -0.39 is 5.41 Å². The van der Waals surface area contributed by atoms with Crippen LogP contribution in [0.15, 0.2) is 12.1 Å². The Kier molecular flexibility index (Phi) is 5.14. The third-order valence-corrected chi connectivity index (χ3v) is 6.20. The summed E-state index contributed by atoms with van der Waals surface area (Å²) in [6.07, 6.45) is 3.26. The standard InChI is InChI=1S/C20H27N3O5/c1-26-16-7-6-15(17(21-16)27-2)18(24)23-10-14-11-28-13-20(14,12-23)19(25)22-8-4-3-5-9-22/h6-7,14H,3-5,8-13H2,1-2H3/t14-,20-/m1/s1. The van der Waals surface area contributed by atoms with Gasteiger partial charge in [0, 0.05) is 38.2 Å². The number of piperidine rings is 1. The van der Waals surface area contributed by atoms with Gasteiger partial charge in [-0.05, 0) is 25.3 Å². The van der Waals surface area contributed by atoms with Crippen LogP contribution in [0, 0.1) is 11.3 Å². The van der Waals surface area contributed by atoms with Crippen LogP contribution in [0.25, 0.3) is 0 Å². The molecule has 0 N–H and O–H groups in total. The van der Waals surface area contributed by atoms with Gasteiger partial charge in [0.1, 0.15) is 5.56 Å². The first-order valence-electron chi connectivity index (χ1n) is 9.84. The average Bonchev–Trinajstić information content (AvgIpc) is 3.31. The number of ether oxygens (including phenoxy) is 3. The van der Waals surface area contributed by atoms with Gasteiger partial charge in [0.2, 0.25) is 17.7 Å². The van der Waals surface area contributed by atoms with Gasteiger partial charge in [-0.25, -0.2) is 0 Å². The number of fused-ring (bicyclic) bond motifs is 1. The Morgan fingerprint density at radius 1 is 1.14 bits per heavy atom. The summed E-state index contributed by atoms with van der Waals surface area (Å²) in [5.74, 6) is 0.617. The molecule has 3 fully saturated rings. The zero-order valence-electron chi connectivity index (χ0n) is 16.5. The van der Waals surface area contributed by atoms with E-state index in [1.165, 1.54) is 20.6 Å². The molecule has 0 saturated carbocycles. The van der Waals surface area contributed by atoms with E-state index in [9.17, 15) is 9.59 Å². The quantitative estimate of drug-likeness (QED) is 0.770. The van der Waals surface area contributed by atoms with Gasteiger partial charge in [0.05, 0.1) is 32.8 Å². The number of carbonyl (C=O) groups excluding carboxylic acids is 2. The molecule has 1 aromatic heterocycles. The van der Waals surface area contributed by atoms with E-state index in [1.54, 1.807) is 17.0 Å². The van der Waals surface area contributed by atoms with Crippen molar-refractivity contribution >= 4 is 11.8 Å².